The molecule has 1 saturated heterocycles. The third-order valence-electron chi connectivity index (χ3n) is 3.51. The molecule has 0 atom stereocenters. The summed E-state index contributed by atoms with van der Waals surface area (Å²) in [6.45, 7) is 4.12. The van der Waals surface area contributed by atoms with E-state index in [1.54, 1.807) is 18.3 Å². The van der Waals surface area contributed by atoms with Gasteiger partial charge in [0, 0.05) is 30.4 Å². The summed E-state index contributed by atoms with van der Waals surface area (Å²) in [6, 6.07) is 9.03. The smallest absolute Gasteiger partial charge is 0.210 e. The lowest BCUT2D eigenvalue weighted by Crippen LogP contribution is -2.36. The Bertz CT molecular complexity index is 692. The molecule has 5 heteroatoms. The molecule has 2 aromatic rings. The number of benzene rings is 1. The minimum Gasteiger partial charge on any atom is -0.379 e. The van der Waals surface area contributed by atoms with Gasteiger partial charge in [0.15, 0.2) is 0 Å². The van der Waals surface area contributed by atoms with E-state index in [0.717, 1.165) is 38.4 Å². The summed E-state index contributed by atoms with van der Waals surface area (Å²) in [5, 5.41) is 6.49. The topological polar surface area (TPSA) is 58.2 Å². The summed E-state index contributed by atoms with van der Waals surface area (Å²) in [6.07, 6.45) is 1.57. The lowest BCUT2D eigenvalue weighted by molar-refractivity contribution is 0.0443. The summed E-state index contributed by atoms with van der Waals surface area (Å²) in [4.78, 5) is 14.5. The van der Waals surface area contributed by atoms with Gasteiger partial charge in [-0.2, -0.15) is 5.10 Å². The van der Waals surface area contributed by atoms with Crippen molar-refractivity contribution in [2.45, 2.75) is 0 Å². The van der Waals surface area contributed by atoms with E-state index in [4.69, 9.17) is 4.74 Å². The summed E-state index contributed by atoms with van der Waals surface area (Å²) in [7, 11) is 0. The van der Waals surface area contributed by atoms with Gasteiger partial charge in [0.25, 0.3) is 0 Å². The Kier molecular flexibility index (Phi) is 4.64. The molecule has 3 rings (SSSR count). The first-order valence-electron chi connectivity index (χ1n) is 7.26. The first-order valence-corrected chi connectivity index (χ1v) is 7.26. The molecular formula is C17H17N3O2. The Morgan fingerprint density at radius 2 is 2.18 bits per heavy atom. The number of hydrogen-bond donors (Lipinski definition) is 1. The second-order valence-corrected chi connectivity index (χ2v) is 5.07. The highest BCUT2D eigenvalue weighted by molar-refractivity contribution is 6.07. The fourth-order valence-electron chi connectivity index (χ4n) is 2.29. The van der Waals surface area contributed by atoms with E-state index in [1.807, 2.05) is 18.2 Å². The molecule has 0 spiro atoms. The van der Waals surface area contributed by atoms with Gasteiger partial charge >= 0.3 is 0 Å². The van der Waals surface area contributed by atoms with Crippen LogP contribution in [0.25, 0.3) is 0 Å². The Morgan fingerprint density at radius 1 is 1.32 bits per heavy atom. The summed E-state index contributed by atoms with van der Waals surface area (Å²) in [5.74, 6) is 6.21. The summed E-state index contributed by atoms with van der Waals surface area (Å²) < 4.78 is 5.31. The molecule has 1 fully saturated rings. The number of nitrogens with one attached hydrogen (secondary N) is 1. The van der Waals surface area contributed by atoms with Crippen molar-refractivity contribution in [1.82, 2.24) is 15.1 Å². The minimum absolute atomic E-state index is 0.0747. The maximum absolute atomic E-state index is 12.2. The van der Waals surface area contributed by atoms with Crippen LogP contribution in [0.2, 0.25) is 0 Å². The maximum atomic E-state index is 12.2. The van der Waals surface area contributed by atoms with Crippen LogP contribution in [0.4, 0.5) is 0 Å². The molecule has 1 aliphatic heterocycles. The van der Waals surface area contributed by atoms with Crippen molar-refractivity contribution in [3.05, 3.63) is 53.3 Å². The van der Waals surface area contributed by atoms with E-state index in [2.05, 4.69) is 26.9 Å². The number of nitrogens with zero attached hydrogens (tertiary/aromatic N) is 2. The van der Waals surface area contributed by atoms with Gasteiger partial charge in [-0.05, 0) is 18.2 Å². The van der Waals surface area contributed by atoms with Gasteiger partial charge in [-0.3, -0.25) is 14.8 Å². The van der Waals surface area contributed by atoms with Crippen LogP contribution >= 0.6 is 0 Å². The number of morpholine rings is 1. The molecule has 0 unspecified atom stereocenters. The molecule has 22 heavy (non-hydrogen) atoms. The Morgan fingerprint density at radius 3 is 2.95 bits per heavy atom. The predicted octanol–water partition coefficient (Wildman–Crippen LogP) is 1.32. The molecule has 1 aromatic carbocycles. The lowest BCUT2D eigenvalue weighted by Gasteiger charge is -2.24. The second kappa shape index (κ2) is 7.03. The molecule has 0 bridgehead atoms. The van der Waals surface area contributed by atoms with Gasteiger partial charge < -0.3 is 4.74 Å². The van der Waals surface area contributed by atoms with Crippen molar-refractivity contribution < 1.29 is 9.53 Å². The lowest BCUT2D eigenvalue weighted by atomic mass is 10.1. The zero-order valence-corrected chi connectivity index (χ0v) is 12.2. The normalized spacial score (nSPS) is 15.1. The monoisotopic (exact) mass is 295 g/mol. The van der Waals surface area contributed by atoms with Crippen molar-refractivity contribution in [3.8, 4) is 11.8 Å². The molecule has 0 radical (unpaired) electrons. The highest BCUT2D eigenvalue weighted by Crippen LogP contribution is 2.09. The van der Waals surface area contributed by atoms with Crippen molar-refractivity contribution in [3.63, 3.8) is 0 Å². The van der Waals surface area contributed by atoms with Crippen LogP contribution in [0.1, 0.15) is 21.6 Å². The first-order chi connectivity index (χ1) is 10.8. The van der Waals surface area contributed by atoms with Crippen molar-refractivity contribution in [2.24, 2.45) is 0 Å². The van der Waals surface area contributed by atoms with Gasteiger partial charge in [-0.25, -0.2) is 0 Å². The SMILES string of the molecule is O=C(c1cccc(C#CCN2CCOCC2)c1)c1ccn[nH]1. The summed E-state index contributed by atoms with van der Waals surface area (Å²) in [5.41, 5.74) is 1.94. The molecule has 1 N–H and O–H groups in total. The van der Waals surface area contributed by atoms with E-state index in [0.29, 0.717) is 11.3 Å². The Hall–Kier alpha value is -2.42. The third kappa shape index (κ3) is 3.61. The fourth-order valence-corrected chi connectivity index (χ4v) is 2.29. The number of ketones is 1. The first kappa shape index (κ1) is 14.5. The van der Waals surface area contributed by atoms with Crippen LogP contribution in [-0.4, -0.2) is 53.7 Å². The maximum Gasteiger partial charge on any atom is 0.210 e. The van der Waals surface area contributed by atoms with Crippen LogP contribution < -0.4 is 0 Å². The van der Waals surface area contributed by atoms with E-state index >= 15 is 0 Å². The van der Waals surface area contributed by atoms with Crippen LogP contribution in [0.3, 0.4) is 0 Å². The number of H-pyrrole nitrogens is 1. The zero-order chi connectivity index (χ0) is 15.2. The van der Waals surface area contributed by atoms with E-state index < -0.39 is 0 Å². The van der Waals surface area contributed by atoms with Gasteiger partial charge in [0.2, 0.25) is 5.78 Å². The number of ether oxygens (including phenoxy) is 1. The minimum atomic E-state index is -0.0747. The quantitative estimate of drug-likeness (QED) is 0.685. The number of carbonyl (C=O) groups is 1. The highest BCUT2D eigenvalue weighted by Gasteiger charge is 2.10. The van der Waals surface area contributed by atoms with Gasteiger partial charge in [-0.1, -0.05) is 24.0 Å². The molecule has 0 aliphatic carbocycles. The number of aromatic nitrogens is 2. The van der Waals surface area contributed by atoms with Gasteiger partial charge in [0.1, 0.15) is 5.69 Å². The zero-order valence-electron chi connectivity index (χ0n) is 12.2. The largest absolute Gasteiger partial charge is 0.379 e. The van der Waals surface area contributed by atoms with Crippen LogP contribution in [0.15, 0.2) is 36.5 Å². The highest BCUT2D eigenvalue weighted by atomic mass is 16.5. The Balaban J connectivity index is 1.68. The number of aromatic amines is 1. The Labute approximate surface area is 129 Å². The molecule has 112 valence electrons. The molecule has 5 nitrogen and oxygen atoms in total. The standard InChI is InChI=1S/C17H17N3O2/c21-17(16-6-7-18-19-16)15-5-1-3-14(13-15)4-2-8-20-9-11-22-12-10-20/h1,3,5-7,13H,8-12H2,(H,18,19). The van der Waals surface area contributed by atoms with E-state index in [9.17, 15) is 4.79 Å². The number of carbonyl (C=O) groups excluding carboxylic acids is 1. The molecule has 1 aliphatic rings. The van der Waals surface area contributed by atoms with Crippen molar-refractivity contribution >= 4 is 5.78 Å². The van der Waals surface area contributed by atoms with Gasteiger partial charge in [-0.15, -0.1) is 0 Å². The molecular weight excluding hydrogens is 278 g/mol. The average molecular weight is 295 g/mol. The van der Waals surface area contributed by atoms with E-state index in [-0.39, 0.29) is 5.78 Å². The second-order valence-electron chi connectivity index (χ2n) is 5.07. The molecule has 1 aromatic heterocycles. The van der Waals surface area contributed by atoms with Crippen LogP contribution in [-0.2, 0) is 4.74 Å². The third-order valence-corrected chi connectivity index (χ3v) is 3.51. The van der Waals surface area contributed by atoms with Crippen molar-refractivity contribution in [1.29, 1.82) is 0 Å². The molecule has 0 amide bonds. The van der Waals surface area contributed by atoms with Crippen LogP contribution in [0, 0.1) is 11.8 Å². The van der Waals surface area contributed by atoms with Crippen molar-refractivity contribution in [2.75, 3.05) is 32.8 Å². The predicted molar refractivity (Wildman–Crippen MR) is 82.6 cm³/mol. The van der Waals surface area contributed by atoms with Crippen LogP contribution in [0.5, 0.6) is 0 Å². The molecule has 2 heterocycles. The number of hydrogen-bond acceptors (Lipinski definition) is 4. The van der Waals surface area contributed by atoms with E-state index in [1.165, 1.54) is 0 Å². The fraction of sp³-hybridized carbons (Fsp3) is 0.294. The average Bonchev–Trinajstić information content (AvgIpc) is 3.10. The molecule has 0 saturated carbocycles. The number of rotatable bonds is 3. The summed E-state index contributed by atoms with van der Waals surface area (Å²) >= 11 is 0. The van der Waals surface area contributed by atoms with Gasteiger partial charge in [0.05, 0.1) is 19.8 Å².